The first-order valence-corrected chi connectivity index (χ1v) is 13.4. The van der Waals surface area contributed by atoms with Crippen molar-refractivity contribution in [2.24, 2.45) is 0 Å². The smallest absolute Gasteiger partial charge is 0.418 e. The van der Waals surface area contributed by atoms with Gasteiger partial charge in [0.25, 0.3) is 0 Å². The second-order valence-corrected chi connectivity index (χ2v) is 10.7. The maximum absolute atomic E-state index is 14.0. The van der Waals surface area contributed by atoms with Crippen LogP contribution in [-0.2, 0) is 25.6 Å². The van der Waals surface area contributed by atoms with Gasteiger partial charge in [0.1, 0.15) is 10.8 Å². The Hall–Kier alpha value is -3.72. The number of rotatable bonds is 3. The Balaban J connectivity index is 1.48. The largest absolute Gasteiger partial charge is 0.497 e. The molecule has 5 nitrogen and oxygen atoms in total. The van der Waals surface area contributed by atoms with Gasteiger partial charge in [-0.25, -0.2) is 4.79 Å². The highest BCUT2D eigenvalue weighted by molar-refractivity contribution is 7.15. The molecule has 38 heavy (non-hydrogen) atoms. The van der Waals surface area contributed by atoms with E-state index in [1.54, 1.807) is 23.3 Å². The zero-order valence-electron chi connectivity index (χ0n) is 20.7. The first kappa shape index (κ1) is 24.6. The Morgan fingerprint density at radius 3 is 2.53 bits per heavy atom. The predicted molar refractivity (Wildman–Crippen MR) is 141 cm³/mol. The van der Waals surface area contributed by atoms with E-state index in [4.69, 9.17) is 4.74 Å². The van der Waals surface area contributed by atoms with Gasteiger partial charge in [0, 0.05) is 16.6 Å². The number of carbonyl (C=O) groups excluding carboxylic acids is 1. The number of aromatic nitrogens is 1. The number of aryl methyl sites for hydroxylation is 1. The van der Waals surface area contributed by atoms with Gasteiger partial charge in [-0.1, -0.05) is 24.3 Å². The average molecular weight is 538 g/mol. The molecule has 0 saturated carbocycles. The Morgan fingerprint density at radius 2 is 1.76 bits per heavy atom. The molecule has 196 valence electrons. The Kier molecular flexibility index (Phi) is 6.18. The van der Waals surface area contributed by atoms with Crippen molar-refractivity contribution in [1.29, 1.82) is 0 Å². The third-order valence-corrected chi connectivity index (χ3v) is 8.68. The number of nitrogens with one attached hydrogen (secondary N) is 1. The molecule has 2 aromatic carbocycles. The van der Waals surface area contributed by atoms with Gasteiger partial charge in [0.15, 0.2) is 0 Å². The van der Waals surface area contributed by atoms with Gasteiger partial charge in [-0.05, 0) is 73.2 Å². The number of methoxy groups -OCH3 is 1. The Morgan fingerprint density at radius 1 is 1.00 bits per heavy atom. The fourth-order valence-corrected chi connectivity index (χ4v) is 6.95. The number of nitrogens with zero attached hydrogens (tertiary/aromatic N) is 2. The van der Waals surface area contributed by atoms with Gasteiger partial charge in [-0.15, -0.1) is 11.3 Å². The van der Waals surface area contributed by atoms with Crippen LogP contribution >= 0.6 is 11.3 Å². The maximum atomic E-state index is 14.0. The number of fused-ring (bicyclic) bond motifs is 5. The number of alkyl halides is 3. The molecular weight excluding hydrogens is 511 g/mol. The summed E-state index contributed by atoms with van der Waals surface area (Å²) in [6.45, 7) is 0.291. The number of urea groups is 1. The number of benzene rings is 2. The van der Waals surface area contributed by atoms with Crippen LogP contribution in [0.2, 0.25) is 0 Å². The lowest BCUT2D eigenvalue weighted by molar-refractivity contribution is -0.136. The average Bonchev–Trinajstić information content (AvgIpc) is 3.50. The van der Waals surface area contributed by atoms with E-state index in [-0.39, 0.29) is 5.69 Å². The fourth-order valence-electron chi connectivity index (χ4n) is 5.55. The number of para-hydroxylation sites is 1. The summed E-state index contributed by atoms with van der Waals surface area (Å²) >= 11 is 1.76. The van der Waals surface area contributed by atoms with Crippen LogP contribution in [0.5, 0.6) is 5.75 Å². The van der Waals surface area contributed by atoms with E-state index >= 15 is 0 Å². The molecule has 2 aliphatic rings. The summed E-state index contributed by atoms with van der Waals surface area (Å²) in [5, 5.41) is 3.68. The molecule has 3 heterocycles. The topological polar surface area (TPSA) is 46.5 Å². The van der Waals surface area contributed by atoms with Crippen LogP contribution in [0.4, 0.5) is 23.7 Å². The van der Waals surface area contributed by atoms with Crippen LogP contribution in [0.25, 0.3) is 5.00 Å². The van der Waals surface area contributed by atoms with E-state index < -0.39 is 23.8 Å². The summed E-state index contributed by atoms with van der Waals surface area (Å²) in [6, 6.07) is 15.4. The second kappa shape index (κ2) is 9.54. The lowest BCUT2D eigenvalue weighted by Crippen LogP contribution is -2.38. The molecule has 0 fully saturated rings. The predicted octanol–water partition coefficient (Wildman–Crippen LogP) is 7.58. The molecule has 1 N–H and O–H groups in total. The number of ether oxygens (including phenoxy) is 1. The van der Waals surface area contributed by atoms with Crippen LogP contribution in [-0.4, -0.2) is 22.6 Å². The van der Waals surface area contributed by atoms with Crippen molar-refractivity contribution < 1.29 is 22.7 Å². The summed E-state index contributed by atoms with van der Waals surface area (Å²) < 4.78 is 48.7. The number of anilines is 1. The first-order valence-electron chi connectivity index (χ1n) is 12.5. The summed E-state index contributed by atoms with van der Waals surface area (Å²) in [5.41, 5.74) is 2.95. The van der Waals surface area contributed by atoms with Crippen molar-refractivity contribution >= 4 is 23.1 Å². The van der Waals surface area contributed by atoms with Gasteiger partial charge < -0.3 is 19.5 Å². The highest BCUT2D eigenvalue weighted by Crippen LogP contribution is 2.44. The van der Waals surface area contributed by atoms with Crippen molar-refractivity contribution in [1.82, 2.24) is 9.47 Å². The minimum atomic E-state index is -4.59. The molecule has 0 bridgehead atoms. The maximum Gasteiger partial charge on any atom is 0.418 e. The Labute approximate surface area is 222 Å². The lowest BCUT2D eigenvalue weighted by Gasteiger charge is -2.32. The third-order valence-electron chi connectivity index (χ3n) is 7.35. The first-order chi connectivity index (χ1) is 18.3. The van der Waals surface area contributed by atoms with E-state index in [1.807, 2.05) is 42.6 Å². The molecule has 1 aliphatic heterocycles. The molecular formula is C29H26F3N3O2S. The van der Waals surface area contributed by atoms with Crippen molar-refractivity contribution in [2.45, 2.75) is 44.4 Å². The Bertz CT molecular complexity index is 1490. The van der Waals surface area contributed by atoms with Crippen LogP contribution in [0, 0.1) is 0 Å². The molecule has 6 rings (SSSR count). The number of thiophene rings is 1. The minimum absolute atomic E-state index is 0.259. The molecule has 2 amide bonds. The van der Waals surface area contributed by atoms with Gasteiger partial charge in [-0.3, -0.25) is 0 Å². The second-order valence-electron chi connectivity index (χ2n) is 9.57. The monoisotopic (exact) mass is 537 g/mol. The quantitative estimate of drug-likeness (QED) is 0.293. The minimum Gasteiger partial charge on any atom is -0.497 e. The molecule has 4 aromatic rings. The lowest BCUT2D eigenvalue weighted by atomic mass is 9.95. The van der Waals surface area contributed by atoms with Gasteiger partial charge >= 0.3 is 12.2 Å². The summed E-state index contributed by atoms with van der Waals surface area (Å²) in [6.07, 6.45) is 1.59. The van der Waals surface area contributed by atoms with Gasteiger partial charge in [0.05, 0.1) is 36.6 Å². The molecule has 0 radical (unpaired) electrons. The highest BCUT2D eigenvalue weighted by atomic mass is 32.1. The van der Waals surface area contributed by atoms with Crippen molar-refractivity contribution in [3.63, 3.8) is 0 Å². The molecule has 1 aliphatic carbocycles. The van der Waals surface area contributed by atoms with E-state index in [9.17, 15) is 18.0 Å². The van der Waals surface area contributed by atoms with E-state index in [1.165, 1.54) is 28.6 Å². The molecule has 0 unspecified atom stereocenters. The number of carbonyl (C=O) groups is 1. The van der Waals surface area contributed by atoms with Gasteiger partial charge in [-0.2, -0.15) is 13.2 Å². The number of hydrogen-bond donors (Lipinski definition) is 1. The fraction of sp³-hybridized carbons (Fsp3) is 0.276. The van der Waals surface area contributed by atoms with E-state index in [2.05, 4.69) is 9.88 Å². The summed E-state index contributed by atoms with van der Waals surface area (Å²) in [5.74, 6) is 0.682. The highest BCUT2D eigenvalue weighted by Gasteiger charge is 2.38. The molecule has 1 atom stereocenters. The van der Waals surface area contributed by atoms with Crippen LogP contribution in [0.15, 0.2) is 66.9 Å². The van der Waals surface area contributed by atoms with Gasteiger partial charge in [0.2, 0.25) is 0 Å². The number of halogens is 3. The molecule has 0 spiro atoms. The molecule has 2 aromatic heterocycles. The van der Waals surface area contributed by atoms with E-state index in [0.29, 0.717) is 12.3 Å². The van der Waals surface area contributed by atoms with Crippen molar-refractivity contribution in [2.75, 3.05) is 12.4 Å². The molecule has 9 heteroatoms. The SMILES string of the molecule is COc1ccc([C@@H]2c3cccn3-c3sc4c(c3CN2C(=O)Nc2ccccc2C(F)(F)F)CCCC4)cc1. The molecule has 0 saturated heterocycles. The van der Waals surface area contributed by atoms with Crippen molar-refractivity contribution in [3.05, 3.63) is 99.7 Å². The third kappa shape index (κ3) is 4.24. The standard InChI is InChI=1S/C29H26F3N3O2S/c1-37-19-14-12-18(13-15-19)26-24-10-6-16-34(24)27-21(20-7-2-5-11-25(20)38-27)17-35(26)28(36)33-23-9-4-3-8-22(23)29(30,31)32/h3-4,6,8-10,12-16,26H,2,5,7,11,17H2,1H3,(H,33,36)/t26-/m1/s1. The van der Waals surface area contributed by atoms with Crippen molar-refractivity contribution in [3.8, 4) is 10.8 Å². The normalized spacial score (nSPS) is 16.7. The van der Waals surface area contributed by atoms with Crippen LogP contribution in [0.1, 0.15) is 51.7 Å². The zero-order valence-corrected chi connectivity index (χ0v) is 21.5. The van der Waals surface area contributed by atoms with E-state index in [0.717, 1.165) is 53.6 Å². The summed E-state index contributed by atoms with van der Waals surface area (Å²) in [4.78, 5) is 17.0. The number of hydrogen-bond acceptors (Lipinski definition) is 3. The number of amides is 2. The van der Waals surface area contributed by atoms with Crippen LogP contribution < -0.4 is 10.1 Å². The summed E-state index contributed by atoms with van der Waals surface area (Å²) in [7, 11) is 1.59. The zero-order chi connectivity index (χ0) is 26.4. The van der Waals surface area contributed by atoms with Crippen LogP contribution in [0.3, 0.4) is 0 Å².